The van der Waals surface area contributed by atoms with Crippen molar-refractivity contribution in [3.8, 4) is 0 Å². The fourth-order valence-electron chi connectivity index (χ4n) is 0. The van der Waals surface area contributed by atoms with Crippen LogP contribution in [-0.2, 0) is 23.6 Å². The van der Waals surface area contributed by atoms with Gasteiger partial charge in [-0.15, -0.1) is 0 Å². The summed E-state index contributed by atoms with van der Waals surface area (Å²) in [6.07, 6.45) is 0. The first kappa shape index (κ1) is 24.3. The van der Waals surface area contributed by atoms with Gasteiger partial charge in [0, 0.05) is 0 Å². The van der Waals surface area contributed by atoms with Gasteiger partial charge in [-0.05, 0) is 23.6 Å². The van der Waals surface area contributed by atoms with E-state index in [0.717, 1.165) is 0 Å². The van der Waals surface area contributed by atoms with E-state index in [2.05, 4.69) is 23.6 Å². The quantitative estimate of drug-likeness (QED) is 0.355. The fraction of sp³-hybridized carbons (Fsp3) is 1.00. The Morgan fingerprint density at radius 2 is 0.571 bits per heavy atom. The van der Waals surface area contributed by atoms with Gasteiger partial charge in [0.1, 0.15) is 0 Å². The molecule has 6 N–H and O–H groups in total. The predicted octanol–water partition coefficient (Wildman–Crippen LogP) is 0.428. The molecule has 0 radical (unpaired) electrons. The maximum atomic E-state index is 7.56. The van der Waals surface area contributed by atoms with Crippen molar-refractivity contribution in [1.82, 2.24) is 0 Å². The Kier molecular flexibility index (Phi) is 24.4. The molecule has 10 heteroatoms. The highest BCUT2D eigenvalue weighted by atomic mass is 32.5. The van der Waals surface area contributed by atoms with E-state index in [0.29, 0.717) is 0 Å². The van der Waals surface area contributed by atoms with Crippen molar-refractivity contribution in [3.63, 3.8) is 0 Å². The third-order valence-electron chi connectivity index (χ3n) is 0. The second-order valence-electron chi connectivity index (χ2n) is 1.03. The molecule has 0 amide bonds. The van der Waals surface area contributed by atoms with Gasteiger partial charge < -0.3 is 29.4 Å². The summed E-state index contributed by atoms with van der Waals surface area (Å²) in [5, 5.41) is 0. The van der Waals surface area contributed by atoms with E-state index >= 15 is 0 Å². The second-order valence-corrected chi connectivity index (χ2v) is 6.02. The molecule has 0 aromatic carbocycles. The van der Waals surface area contributed by atoms with Crippen molar-refractivity contribution in [2.45, 2.75) is 27.7 Å². The van der Waals surface area contributed by atoms with Gasteiger partial charge in [-0.3, -0.25) is 0 Å². The standard InChI is InChI=1S/2C2H6.2H3O3PS/c2*1-2;2*1-4(2,3)5/h2*1-2H3;2*(H3,1,2,3,5). The molecule has 0 heterocycles. The van der Waals surface area contributed by atoms with Crippen LogP contribution in [0.5, 0.6) is 0 Å². The molecule has 0 aliphatic rings. The van der Waals surface area contributed by atoms with Crippen LogP contribution < -0.4 is 0 Å². The van der Waals surface area contributed by atoms with Gasteiger partial charge in [-0.2, -0.15) is 0 Å². The zero-order valence-electron chi connectivity index (χ0n) is 8.39. The first-order chi connectivity index (χ1) is 6.00. The molecule has 0 aliphatic carbocycles. The highest BCUT2D eigenvalue weighted by Crippen LogP contribution is 2.26. The SMILES string of the molecule is CC.CC.OP(O)(O)=S.OP(O)(O)=S. The predicted molar refractivity (Wildman–Crippen MR) is 64.6 cm³/mol. The summed E-state index contributed by atoms with van der Waals surface area (Å²) in [6, 6.07) is 0. The molecule has 0 atom stereocenters. The molecule has 0 saturated carbocycles. The Morgan fingerprint density at radius 3 is 0.571 bits per heavy atom. The van der Waals surface area contributed by atoms with Crippen molar-refractivity contribution < 1.29 is 29.4 Å². The Balaban J connectivity index is -0.0000000528. The first-order valence-corrected chi connectivity index (χ1v) is 8.89. The average molecular weight is 288 g/mol. The lowest BCUT2D eigenvalue weighted by Gasteiger charge is -1.88. The summed E-state index contributed by atoms with van der Waals surface area (Å²) in [4.78, 5) is 45.3. The molecule has 14 heavy (non-hydrogen) atoms. The summed E-state index contributed by atoms with van der Waals surface area (Å²) >= 11 is 7.21. The minimum atomic E-state index is -3.81. The van der Waals surface area contributed by atoms with E-state index < -0.39 is 13.4 Å². The molecule has 6 nitrogen and oxygen atoms in total. The minimum Gasteiger partial charge on any atom is -0.325 e. The molecule has 0 fully saturated rings. The highest BCUT2D eigenvalue weighted by molar-refractivity contribution is 8.06. The van der Waals surface area contributed by atoms with Crippen LogP contribution in [0.25, 0.3) is 0 Å². The third-order valence-corrected chi connectivity index (χ3v) is 0. The number of hydrogen-bond donors (Lipinski definition) is 6. The van der Waals surface area contributed by atoms with E-state index in [9.17, 15) is 0 Å². The second kappa shape index (κ2) is 14.1. The molecule has 0 rings (SSSR count). The number of hydrogen-bond acceptors (Lipinski definition) is 2. The van der Waals surface area contributed by atoms with Crippen molar-refractivity contribution in [1.29, 1.82) is 0 Å². The molecule has 0 bridgehead atoms. The Labute approximate surface area is 94.4 Å². The molecular weight excluding hydrogens is 270 g/mol. The van der Waals surface area contributed by atoms with E-state index in [-0.39, 0.29) is 0 Å². The van der Waals surface area contributed by atoms with E-state index in [1.165, 1.54) is 0 Å². The molecule has 0 aromatic heterocycles. The van der Waals surface area contributed by atoms with Crippen molar-refractivity contribution in [2.75, 3.05) is 0 Å². The summed E-state index contributed by atoms with van der Waals surface area (Å²) < 4.78 is 0. The lowest BCUT2D eigenvalue weighted by Crippen LogP contribution is -1.65. The Bertz CT molecular complexity index is 138. The molecule has 0 saturated heterocycles. The lowest BCUT2D eigenvalue weighted by molar-refractivity contribution is 0.361. The lowest BCUT2D eigenvalue weighted by atomic mass is 11.0. The summed E-state index contributed by atoms with van der Waals surface area (Å²) in [5.41, 5.74) is 0. The molecule has 0 aliphatic heterocycles. The molecule has 0 spiro atoms. The van der Waals surface area contributed by atoms with Gasteiger partial charge in [0.25, 0.3) is 0 Å². The molecular formula is C4H18O6P2S2. The topological polar surface area (TPSA) is 121 Å². The third kappa shape index (κ3) is 1690. The zero-order chi connectivity index (χ0) is 13.0. The molecule has 0 unspecified atom stereocenters. The van der Waals surface area contributed by atoms with Crippen LogP contribution in [0.4, 0.5) is 0 Å². The summed E-state index contributed by atoms with van der Waals surface area (Å²) in [5.74, 6) is 0. The van der Waals surface area contributed by atoms with Crippen LogP contribution in [0.1, 0.15) is 27.7 Å². The van der Waals surface area contributed by atoms with Crippen LogP contribution in [-0.4, -0.2) is 29.4 Å². The van der Waals surface area contributed by atoms with Crippen LogP contribution in [0, 0.1) is 0 Å². The Morgan fingerprint density at radius 1 is 0.571 bits per heavy atom. The minimum absolute atomic E-state index is 2.00. The maximum Gasteiger partial charge on any atom is 0.319 e. The Hall–Kier alpha value is 1.06. The van der Waals surface area contributed by atoms with Gasteiger partial charge in [0.2, 0.25) is 0 Å². The normalized spacial score (nSPS) is 9.29. The van der Waals surface area contributed by atoms with Crippen molar-refractivity contribution >= 4 is 37.1 Å². The van der Waals surface area contributed by atoms with Gasteiger partial charge in [-0.25, -0.2) is 0 Å². The van der Waals surface area contributed by atoms with E-state index in [4.69, 9.17) is 29.4 Å². The molecule has 92 valence electrons. The molecule has 0 aromatic rings. The van der Waals surface area contributed by atoms with Crippen LogP contribution in [0.2, 0.25) is 0 Å². The van der Waals surface area contributed by atoms with E-state index in [1.54, 1.807) is 0 Å². The number of rotatable bonds is 0. The van der Waals surface area contributed by atoms with E-state index in [1.807, 2.05) is 27.7 Å². The van der Waals surface area contributed by atoms with Gasteiger partial charge in [0.05, 0.1) is 0 Å². The zero-order valence-corrected chi connectivity index (χ0v) is 11.8. The average Bonchev–Trinajstić information content (AvgIpc) is 1.88. The van der Waals surface area contributed by atoms with Crippen LogP contribution in [0.3, 0.4) is 0 Å². The maximum absolute atomic E-state index is 7.56. The summed E-state index contributed by atoms with van der Waals surface area (Å²) in [6.45, 7) is 0.389. The summed E-state index contributed by atoms with van der Waals surface area (Å²) in [7, 11) is 0. The van der Waals surface area contributed by atoms with Crippen LogP contribution >= 0.6 is 13.4 Å². The van der Waals surface area contributed by atoms with Gasteiger partial charge in [-0.1, -0.05) is 27.7 Å². The fourth-order valence-corrected chi connectivity index (χ4v) is 0. The first-order valence-electron chi connectivity index (χ1n) is 3.57. The van der Waals surface area contributed by atoms with Gasteiger partial charge >= 0.3 is 13.4 Å². The smallest absolute Gasteiger partial charge is 0.319 e. The largest absolute Gasteiger partial charge is 0.325 e. The highest BCUT2D eigenvalue weighted by Gasteiger charge is 1.92. The van der Waals surface area contributed by atoms with Gasteiger partial charge in [0.15, 0.2) is 0 Å². The monoisotopic (exact) mass is 288 g/mol. The van der Waals surface area contributed by atoms with Crippen LogP contribution in [0.15, 0.2) is 0 Å². The van der Waals surface area contributed by atoms with Crippen molar-refractivity contribution in [2.24, 2.45) is 0 Å². The van der Waals surface area contributed by atoms with Crippen molar-refractivity contribution in [3.05, 3.63) is 0 Å².